The van der Waals surface area contributed by atoms with Crippen molar-refractivity contribution in [2.45, 2.75) is 62.4 Å². The first kappa shape index (κ1) is 20.5. The van der Waals surface area contributed by atoms with Crippen LogP contribution in [0.2, 0.25) is 0 Å². The van der Waals surface area contributed by atoms with E-state index in [9.17, 15) is 30.3 Å². The molecule has 3 rings (SSSR count). The van der Waals surface area contributed by atoms with Crippen molar-refractivity contribution < 1.29 is 49.3 Å². The maximum Gasteiger partial charge on any atom is 0.337 e. The third-order valence-corrected chi connectivity index (χ3v) is 5.67. The molecule has 0 aromatic rings. The zero-order chi connectivity index (χ0) is 19.9. The van der Waals surface area contributed by atoms with Crippen molar-refractivity contribution in [2.24, 2.45) is 11.8 Å². The monoisotopic (exact) mass is 390 g/mol. The van der Waals surface area contributed by atoms with Crippen molar-refractivity contribution in [1.29, 1.82) is 0 Å². The number of hydrogen-bond donors (Lipinski definition) is 5. The molecule has 3 aliphatic rings. The summed E-state index contributed by atoms with van der Waals surface area (Å²) in [5.41, 5.74) is -0.925. The molecule has 0 unspecified atom stereocenters. The molecular formula is C17H26O10. The maximum atomic E-state index is 12.0. The van der Waals surface area contributed by atoms with Crippen LogP contribution in [0, 0.1) is 11.8 Å². The summed E-state index contributed by atoms with van der Waals surface area (Å²) in [4.78, 5) is 12.0. The molecule has 2 heterocycles. The molecule has 0 spiro atoms. The smallest absolute Gasteiger partial charge is 0.337 e. The zero-order valence-corrected chi connectivity index (χ0v) is 15.1. The number of esters is 1. The molecule has 10 nitrogen and oxygen atoms in total. The first-order chi connectivity index (χ1) is 12.7. The van der Waals surface area contributed by atoms with Crippen molar-refractivity contribution in [3.8, 4) is 0 Å². The van der Waals surface area contributed by atoms with Crippen LogP contribution in [0.3, 0.4) is 0 Å². The van der Waals surface area contributed by atoms with E-state index < -0.39 is 61.1 Å². The fourth-order valence-electron chi connectivity index (χ4n) is 4.12. The predicted molar refractivity (Wildman–Crippen MR) is 86.7 cm³/mol. The average Bonchev–Trinajstić information content (AvgIpc) is 2.97. The summed E-state index contributed by atoms with van der Waals surface area (Å²) in [5.74, 6) is -1.59. The van der Waals surface area contributed by atoms with Crippen molar-refractivity contribution in [1.82, 2.24) is 0 Å². The van der Waals surface area contributed by atoms with Crippen molar-refractivity contribution in [3.05, 3.63) is 11.8 Å². The summed E-state index contributed by atoms with van der Waals surface area (Å²) >= 11 is 0. The normalized spacial score (nSPS) is 47.0. The molecule has 2 aliphatic heterocycles. The Bertz CT molecular complexity index is 588. The van der Waals surface area contributed by atoms with E-state index in [1.807, 2.05) is 0 Å². The summed E-state index contributed by atoms with van der Waals surface area (Å²) in [6.07, 6.45) is -6.19. The largest absolute Gasteiger partial charge is 0.471 e. The summed E-state index contributed by atoms with van der Waals surface area (Å²) in [7, 11) is 1.25. The number of aliphatic hydroxyl groups is 5. The summed E-state index contributed by atoms with van der Waals surface area (Å²) in [5, 5.41) is 49.9. The van der Waals surface area contributed by atoms with Crippen molar-refractivity contribution in [3.63, 3.8) is 0 Å². The highest BCUT2D eigenvalue weighted by Gasteiger charge is 2.56. The molecule has 2 fully saturated rings. The minimum absolute atomic E-state index is 0.286. The van der Waals surface area contributed by atoms with Gasteiger partial charge in [0.05, 0.1) is 37.1 Å². The van der Waals surface area contributed by atoms with E-state index in [0.717, 1.165) is 0 Å². The fraction of sp³-hybridized carbons (Fsp3) is 0.824. The quantitative estimate of drug-likeness (QED) is 0.340. The Kier molecular flexibility index (Phi) is 5.78. The van der Waals surface area contributed by atoms with Crippen LogP contribution >= 0.6 is 0 Å². The van der Waals surface area contributed by atoms with Crippen LogP contribution < -0.4 is 0 Å². The molecule has 0 amide bonds. The van der Waals surface area contributed by atoms with Gasteiger partial charge in [0.25, 0.3) is 0 Å². The Morgan fingerprint density at radius 2 is 1.96 bits per heavy atom. The molecule has 154 valence electrons. The first-order valence-electron chi connectivity index (χ1n) is 8.83. The van der Waals surface area contributed by atoms with E-state index in [4.69, 9.17) is 18.9 Å². The Labute approximate surface area is 155 Å². The highest BCUT2D eigenvalue weighted by Crippen LogP contribution is 2.49. The third kappa shape index (κ3) is 3.58. The highest BCUT2D eigenvalue weighted by atomic mass is 16.8. The van der Waals surface area contributed by atoms with Gasteiger partial charge in [0.1, 0.15) is 24.4 Å². The lowest BCUT2D eigenvalue weighted by molar-refractivity contribution is -0.346. The summed E-state index contributed by atoms with van der Waals surface area (Å²) in [6, 6.07) is 0. The lowest BCUT2D eigenvalue weighted by Crippen LogP contribution is -2.60. The molecule has 0 aromatic heterocycles. The van der Waals surface area contributed by atoms with Gasteiger partial charge in [-0.2, -0.15) is 0 Å². The third-order valence-electron chi connectivity index (χ3n) is 5.67. The number of methoxy groups -OCH3 is 1. The van der Waals surface area contributed by atoms with E-state index >= 15 is 0 Å². The molecular weight excluding hydrogens is 364 g/mol. The Morgan fingerprint density at radius 1 is 1.26 bits per heavy atom. The average molecular weight is 390 g/mol. The lowest BCUT2D eigenvalue weighted by atomic mass is 9.81. The number of hydrogen-bond acceptors (Lipinski definition) is 10. The molecule has 27 heavy (non-hydrogen) atoms. The zero-order valence-electron chi connectivity index (χ0n) is 15.1. The van der Waals surface area contributed by atoms with Gasteiger partial charge in [0.2, 0.25) is 6.29 Å². The minimum atomic E-state index is -1.60. The second-order valence-corrected chi connectivity index (χ2v) is 7.43. The SMILES string of the molecule is COC(=O)C1=CO[C@@H](O[C@@H]2O[C@H](CO)[C@@H](O)[C@H](O)[C@H]2O)[C@@H]2[C@H]1CC[C@]2(C)O. The number of rotatable bonds is 4. The Balaban J connectivity index is 1.82. The van der Waals surface area contributed by atoms with Crippen LogP contribution in [0.25, 0.3) is 0 Å². The molecule has 10 heteroatoms. The van der Waals surface area contributed by atoms with Crippen LogP contribution in [-0.2, 0) is 23.7 Å². The van der Waals surface area contributed by atoms with Crippen LogP contribution in [0.15, 0.2) is 11.8 Å². The topological polar surface area (TPSA) is 155 Å². The van der Waals surface area contributed by atoms with Gasteiger partial charge in [0.15, 0.2) is 6.29 Å². The second-order valence-electron chi connectivity index (χ2n) is 7.43. The van der Waals surface area contributed by atoms with Crippen LogP contribution in [0.4, 0.5) is 0 Å². The number of aliphatic hydroxyl groups excluding tert-OH is 4. The highest BCUT2D eigenvalue weighted by molar-refractivity contribution is 5.89. The summed E-state index contributed by atoms with van der Waals surface area (Å²) in [6.45, 7) is 1.01. The molecule has 1 saturated carbocycles. The van der Waals surface area contributed by atoms with E-state index in [2.05, 4.69) is 0 Å². The molecule has 1 aliphatic carbocycles. The predicted octanol–water partition coefficient (Wildman–Crippen LogP) is -2.01. The van der Waals surface area contributed by atoms with Crippen LogP contribution in [0.1, 0.15) is 19.8 Å². The van der Waals surface area contributed by atoms with Crippen molar-refractivity contribution in [2.75, 3.05) is 13.7 Å². The fourth-order valence-corrected chi connectivity index (χ4v) is 4.12. The van der Waals surface area contributed by atoms with Gasteiger partial charge in [-0.05, 0) is 19.8 Å². The van der Waals surface area contributed by atoms with Crippen molar-refractivity contribution >= 4 is 5.97 Å². The van der Waals surface area contributed by atoms with Gasteiger partial charge in [-0.15, -0.1) is 0 Å². The maximum absolute atomic E-state index is 12.0. The molecule has 9 atom stereocenters. The van der Waals surface area contributed by atoms with Gasteiger partial charge in [-0.1, -0.05) is 0 Å². The standard InChI is InChI=1S/C17H26O10/c1-17(23)4-3-7-8(14(22)24-2)6-25-15(10(7)17)27-16-13(21)12(20)11(19)9(5-18)26-16/h6-7,9-13,15-16,18-21,23H,3-5H2,1-2H3/t7-,9+,10-,11+,12-,13+,15-,16-,17-/m0/s1. The van der Waals surface area contributed by atoms with Gasteiger partial charge >= 0.3 is 5.97 Å². The van der Waals surface area contributed by atoms with Crippen LogP contribution in [-0.4, -0.2) is 87.8 Å². The molecule has 5 N–H and O–H groups in total. The van der Waals surface area contributed by atoms with E-state index in [0.29, 0.717) is 12.8 Å². The lowest BCUT2D eigenvalue weighted by Gasteiger charge is -2.44. The number of carbonyl (C=O) groups is 1. The molecule has 0 radical (unpaired) electrons. The van der Waals surface area contributed by atoms with Crippen LogP contribution in [0.5, 0.6) is 0 Å². The number of fused-ring (bicyclic) bond motifs is 1. The van der Waals surface area contributed by atoms with E-state index in [-0.39, 0.29) is 11.5 Å². The first-order valence-corrected chi connectivity index (χ1v) is 8.83. The van der Waals surface area contributed by atoms with Gasteiger partial charge in [0, 0.05) is 5.92 Å². The molecule has 1 saturated heterocycles. The second kappa shape index (κ2) is 7.63. The minimum Gasteiger partial charge on any atom is -0.471 e. The van der Waals surface area contributed by atoms with Gasteiger partial charge in [-0.3, -0.25) is 0 Å². The Morgan fingerprint density at radius 3 is 2.59 bits per heavy atom. The van der Waals surface area contributed by atoms with Gasteiger partial charge < -0.3 is 44.5 Å². The van der Waals surface area contributed by atoms with E-state index in [1.165, 1.54) is 13.4 Å². The Hall–Kier alpha value is -1.27. The summed E-state index contributed by atoms with van der Waals surface area (Å²) < 4.78 is 21.3. The molecule has 0 bridgehead atoms. The van der Waals surface area contributed by atoms with E-state index in [1.54, 1.807) is 6.92 Å². The molecule has 0 aromatic carbocycles. The number of ether oxygens (including phenoxy) is 4. The van der Waals surface area contributed by atoms with Gasteiger partial charge in [-0.25, -0.2) is 4.79 Å². The number of carbonyl (C=O) groups excluding carboxylic acids is 1.